The zero-order valence-electron chi connectivity index (χ0n) is 10.7. The van der Waals surface area contributed by atoms with Crippen molar-refractivity contribution < 1.29 is 13.8 Å². The Hall–Kier alpha value is -2.47. The average Bonchev–Trinajstić information content (AvgIpc) is 3.04. The van der Waals surface area contributed by atoms with Crippen LogP contribution in [0.3, 0.4) is 0 Å². The molecule has 0 radical (unpaired) electrons. The smallest absolute Gasteiger partial charge is 0.258 e. The summed E-state index contributed by atoms with van der Waals surface area (Å²) < 4.78 is 15.6. The van der Waals surface area contributed by atoms with Gasteiger partial charge in [0.1, 0.15) is 6.10 Å². The van der Waals surface area contributed by atoms with Crippen molar-refractivity contribution in [2.45, 2.75) is 13.0 Å². The molecule has 0 bridgehead atoms. The fourth-order valence-electron chi connectivity index (χ4n) is 1.99. The highest BCUT2D eigenvalue weighted by Crippen LogP contribution is 2.31. The summed E-state index contributed by atoms with van der Waals surface area (Å²) in [4.78, 5) is 4.31. The van der Waals surface area contributed by atoms with Crippen LogP contribution in [-0.2, 0) is 4.74 Å². The number of hydrogen-bond donors (Lipinski definition) is 0. The van der Waals surface area contributed by atoms with Crippen LogP contribution in [0.15, 0.2) is 39.4 Å². The van der Waals surface area contributed by atoms with Gasteiger partial charge in [-0.2, -0.15) is 4.98 Å². The predicted molar refractivity (Wildman–Crippen MR) is 68.7 cm³/mol. The molecule has 0 amide bonds. The van der Waals surface area contributed by atoms with Crippen molar-refractivity contribution >= 4 is 0 Å². The van der Waals surface area contributed by atoms with Gasteiger partial charge in [-0.1, -0.05) is 22.4 Å². The summed E-state index contributed by atoms with van der Waals surface area (Å²) in [6, 6.07) is 9.67. The van der Waals surface area contributed by atoms with Gasteiger partial charge in [0.15, 0.2) is 0 Å². The Morgan fingerprint density at radius 3 is 2.55 bits per heavy atom. The highest BCUT2D eigenvalue weighted by molar-refractivity contribution is 5.57. The van der Waals surface area contributed by atoms with E-state index in [4.69, 9.17) is 13.8 Å². The van der Waals surface area contributed by atoms with Crippen LogP contribution in [0.25, 0.3) is 23.0 Å². The fourth-order valence-corrected chi connectivity index (χ4v) is 1.99. The lowest BCUT2D eigenvalue weighted by Crippen LogP contribution is -1.82. The Kier molecular flexibility index (Phi) is 2.43. The van der Waals surface area contributed by atoms with Crippen molar-refractivity contribution in [1.29, 1.82) is 0 Å². The second-order valence-corrected chi connectivity index (χ2v) is 4.70. The van der Waals surface area contributed by atoms with E-state index in [1.807, 2.05) is 31.2 Å². The Balaban J connectivity index is 1.63. The minimum atomic E-state index is 0.250. The van der Waals surface area contributed by atoms with Crippen molar-refractivity contribution in [2.24, 2.45) is 0 Å². The molecule has 1 fully saturated rings. The topological polar surface area (TPSA) is 77.5 Å². The zero-order chi connectivity index (χ0) is 13.5. The van der Waals surface area contributed by atoms with Gasteiger partial charge in [0.05, 0.1) is 12.3 Å². The van der Waals surface area contributed by atoms with Crippen LogP contribution in [-0.4, -0.2) is 21.9 Å². The van der Waals surface area contributed by atoms with Crippen LogP contribution >= 0.6 is 0 Å². The quantitative estimate of drug-likeness (QED) is 0.680. The number of aryl methyl sites for hydroxylation is 1. The van der Waals surface area contributed by atoms with E-state index in [0.717, 1.165) is 17.9 Å². The number of hydrogen-bond acceptors (Lipinski definition) is 6. The number of benzene rings is 1. The first-order chi connectivity index (χ1) is 9.79. The van der Waals surface area contributed by atoms with E-state index in [1.54, 1.807) is 6.07 Å². The average molecular weight is 269 g/mol. The number of ether oxygens (including phenoxy) is 1. The summed E-state index contributed by atoms with van der Waals surface area (Å²) in [6.45, 7) is 2.64. The van der Waals surface area contributed by atoms with Crippen LogP contribution in [0.4, 0.5) is 0 Å². The fraction of sp³-hybridized carbons (Fsp3) is 0.214. The first-order valence-corrected chi connectivity index (χ1v) is 6.29. The van der Waals surface area contributed by atoms with E-state index in [9.17, 15) is 0 Å². The van der Waals surface area contributed by atoms with Crippen LogP contribution in [0.5, 0.6) is 0 Å². The van der Waals surface area contributed by atoms with Gasteiger partial charge in [-0.15, -0.1) is 0 Å². The third kappa shape index (κ3) is 2.00. The monoisotopic (exact) mass is 269 g/mol. The second-order valence-electron chi connectivity index (χ2n) is 4.70. The molecule has 6 heteroatoms. The minimum absolute atomic E-state index is 0.250. The van der Waals surface area contributed by atoms with E-state index >= 15 is 0 Å². The van der Waals surface area contributed by atoms with Gasteiger partial charge in [-0.3, -0.25) is 0 Å². The Labute approximate surface area is 114 Å². The van der Waals surface area contributed by atoms with Gasteiger partial charge >= 0.3 is 0 Å². The molecule has 1 saturated heterocycles. The van der Waals surface area contributed by atoms with Crippen LogP contribution in [0, 0.1) is 6.92 Å². The van der Waals surface area contributed by atoms with Crippen molar-refractivity contribution in [3.05, 3.63) is 41.6 Å². The summed E-state index contributed by atoms with van der Waals surface area (Å²) in [5, 5.41) is 7.70. The lowest BCUT2D eigenvalue weighted by Gasteiger charge is -1.96. The molecule has 3 aromatic rings. The third-order valence-corrected chi connectivity index (χ3v) is 3.14. The lowest BCUT2D eigenvalue weighted by molar-refractivity contribution is 0.409. The molecule has 6 nitrogen and oxygen atoms in total. The third-order valence-electron chi connectivity index (χ3n) is 3.14. The number of aromatic nitrogens is 3. The van der Waals surface area contributed by atoms with E-state index in [-0.39, 0.29) is 6.10 Å². The molecule has 0 N–H and O–H groups in total. The molecule has 1 unspecified atom stereocenters. The second kappa shape index (κ2) is 4.28. The number of rotatable bonds is 3. The molecule has 1 aliphatic heterocycles. The first kappa shape index (κ1) is 11.4. The van der Waals surface area contributed by atoms with Crippen molar-refractivity contribution in [1.82, 2.24) is 15.3 Å². The Morgan fingerprint density at radius 2 is 1.90 bits per heavy atom. The molecule has 0 aliphatic carbocycles. The highest BCUT2D eigenvalue weighted by Gasteiger charge is 2.24. The molecule has 3 heterocycles. The maximum Gasteiger partial charge on any atom is 0.258 e. The van der Waals surface area contributed by atoms with Gasteiger partial charge in [0.25, 0.3) is 5.89 Å². The van der Waals surface area contributed by atoms with E-state index < -0.39 is 0 Å². The molecule has 1 atom stereocenters. The van der Waals surface area contributed by atoms with E-state index in [1.165, 1.54) is 5.56 Å². The molecule has 2 aromatic heterocycles. The maximum absolute atomic E-state index is 5.25. The summed E-state index contributed by atoms with van der Waals surface area (Å²) in [6.07, 6.45) is 0.250. The van der Waals surface area contributed by atoms with Crippen molar-refractivity contribution in [2.75, 3.05) is 6.61 Å². The van der Waals surface area contributed by atoms with Crippen molar-refractivity contribution in [3.8, 4) is 23.0 Å². The largest absolute Gasteiger partial charge is 0.368 e. The summed E-state index contributed by atoms with van der Waals surface area (Å²) in [7, 11) is 0. The number of nitrogens with zero attached hydrogens (tertiary/aromatic N) is 3. The predicted octanol–water partition coefficient (Wildman–Crippen LogP) is 2.77. The maximum atomic E-state index is 5.25. The van der Waals surface area contributed by atoms with Gasteiger partial charge in [-0.25, -0.2) is 0 Å². The molecule has 0 spiro atoms. The minimum Gasteiger partial charge on any atom is -0.368 e. The molecule has 100 valence electrons. The molecule has 1 aliphatic rings. The Morgan fingerprint density at radius 1 is 1.10 bits per heavy atom. The lowest BCUT2D eigenvalue weighted by atomic mass is 10.1. The van der Waals surface area contributed by atoms with Gasteiger partial charge in [-0.05, 0) is 24.6 Å². The zero-order valence-corrected chi connectivity index (χ0v) is 10.7. The van der Waals surface area contributed by atoms with E-state index in [2.05, 4.69) is 15.3 Å². The molecule has 1 aromatic carbocycles. The highest BCUT2D eigenvalue weighted by atomic mass is 16.6. The van der Waals surface area contributed by atoms with Gasteiger partial charge < -0.3 is 13.8 Å². The molecular formula is C14H11N3O3. The SMILES string of the molecule is Cc1cc(-c2noc(-c3ccc(C4CO4)cc3)n2)on1. The molecular weight excluding hydrogens is 258 g/mol. The van der Waals surface area contributed by atoms with Gasteiger partial charge in [0, 0.05) is 11.6 Å². The Bertz CT molecular complexity index is 741. The number of epoxide rings is 1. The normalized spacial score (nSPS) is 17.4. The van der Waals surface area contributed by atoms with Gasteiger partial charge in [0.2, 0.25) is 11.6 Å². The molecule has 0 saturated carbocycles. The van der Waals surface area contributed by atoms with Crippen molar-refractivity contribution in [3.63, 3.8) is 0 Å². The summed E-state index contributed by atoms with van der Waals surface area (Å²) >= 11 is 0. The molecule has 4 rings (SSSR count). The standard InChI is InChI=1S/C14H11N3O3/c1-8-6-11(19-16-8)13-15-14(20-17-13)10-4-2-9(3-5-10)12-7-18-12/h2-6,12H,7H2,1H3. The first-order valence-electron chi connectivity index (χ1n) is 6.29. The van der Waals surface area contributed by atoms with Crippen LogP contribution < -0.4 is 0 Å². The van der Waals surface area contributed by atoms with Crippen LogP contribution in [0.2, 0.25) is 0 Å². The molecule has 20 heavy (non-hydrogen) atoms. The summed E-state index contributed by atoms with van der Waals surface area (Å²) in [5.41, 5.74) is 2.81. The van der Waals surface area contributed by atoms with Crippen LogP contribution in [0.1, 0.15) is 17.4 Å². The summed E-state index contributed by atoms with van der Waals surface area (Å²) in [5.74, 6) is 1.35. The van der Waals surface area contributed by atoms with E-state index in [0.29, 0.717) is 17.5 Å².